The minimum atomic E-state index is -1.11. The Balaban J connectivity index is 2.56. The van der Waals surface area contributed by atoms with Gasteiger partial charge in [0.1, 0.15) is 0 Å². The molecule has 92 valence electrons. The van der Waals surface area contributed by atoms with E-state index in [2.05, 4.69) is 0 Å². The summed E-state index contributed by atoms with van der Waals surface area (Å²) in [6.07, 6.45) is -1.11. The van der Waals surface area contributed by atoms with Gasteiger partial charge in [0.25, 0.3) is 0 Å². The molecule has 5 heteroatoms. The molecule has 0 aliphatic rings. The summed E-state index contributed by atoms with van der Waals surface area (Å²) in [5.74, 6) is 0. The zero-order chi connectivity index (χ0) is 13.1. The Labute approximate surface area is 104 Å². The topological polar surface area (TPSA) is 92.6 Å². The number of anilines is 4. The molecule has 0 aliphatic carbocycles. The molecule has 18 heavy (non-hydrogen) atoms. The number of rotatable bonds is 2. The van der Waals surface area contributed by atoms with Crippen molar-refractivity contribution in [2.45, 2.75) is 0 Å². The number of para-hydroxylation sites is 2. The van der Waals surface area contributed by atoms with Crippen molar-refractivity contribution < 1.29 is 9.90 Å². The summed E-state index contributed by atoms with van der Waals surface area (Å²) in [4.78, 5) is 12.5. The highest BCUT2D eigenvalue weighted by atomic mass is 16.4. The smallest absolute Gasteiger partial charge is 0.416 e. The third-order valence-electron chi connectivity index (χ3n) is 2.56. The Hall–Kier alpha value is -2.69. The lowest BCUT2D eigenvalue weighted by Crippen LogP contribution is -2.24. The number of benzene rings is 2. The Morgan fingerprint density at radius 1 is 1.00 bits per heavy atom. The van der Waals surface area contributed by atoms with Crippen molar-refractivity contribution in [2.75, 3.05) is 16.4 Å². The van der Waals surface area contributed by atoms with Crippen molar-refractivity contribution in [1.29, 1.82) is 0 Å². The van der Waals surface area contributed by atoms with Gasteiger partial charge in [0.15, 0.2) is 0 Å². The van der Waals surface area contributed by atoms with Crippen LogP contribution in [0.2, 0.25) is 0 Å². The maximum absolute atomic E-state index is 11.4. The number of carboxylic acid groups (broad SMARTS) is 1. The summed E-state index contributed by atoms with van der Waals surface area (Å²) in [6, 6.07) is 13.6. The molecule has 1 amide bonds. The van der Waals surface area contributed by atoms with Crippen LogP contribution < -0.4 is 16.4 Å². The van der Waals surface area contributed by atoms with E-state index in [-0.39, 0.29) is 5.69 Å². The van der Waals surface area contributed by atoms with Crippen molar-refractivity contribution in [3.05, 3.63) is 48.5 Å². The van der Waals surface area contributed by atoms with Gasteiger partial charge in [0.2, 0.25) is 0 Å². The summed E-state index contributed by atoms with van der Waals surface area (Å²) in [5.41, 5.74) is 13.0. The van der Waals surface area contributed by atoms with E-state index in [9.17, 15) is 9.90 Å². The lowest BCUT2D eigenvalue weighted by atomic mass is 10.2. The second-order valence-corrected chi connectivity index (χ2v) is 3.73. The van der Waals surface area contributed by atoms with Crippen LogP contribution in [-0.2, 0) is 0 Å². The van der Waals surface area contributed by atoms with E-state index in [0.717, 1.165) is 4.90 Å². The highest BCUT2D eigenvalue weighted by molar-refractivity contribution is 6.00. The Morgan fingerprint density at radius 3 is 2.28 bits per heavy atom. The van der Waals surface area contributed by atoms with Crippen molar-refractivity contribution in [2.24, 2.45) is 0 Å². The van der Waals surface area contributed by atoms with E-state index in [1.54, 1.807) is 42.5 Å². The van der Waals surface area contributed by atoms with Gasteiger partial charge in [0, 0.05) is 0 Å². The molecular weight excluding hydrogens is 230 g/mol. The highest BCUT2D eigenvalue weighted by Gasteiger charge is 2.19. The maximum Gasteiger partial charge on any atom is 0.416 e. The molecule has 5 nitrogen and oxygen atoms in total. The normalized spacial score (nSPS) is 10.0. The quantitative estimate of drug-likeness (QED) is 0.707. The SMILES string of the molecule is Nc1cccc(N(C(=O)O)c2ccccc2)c1N. The first kappa shape index (κ1) is 11.8. The standard InChI is InChI=1S/C13H13N3O2/c14-10-7-4-8-11(12(10)15)16(13(17)18)9-5-2-1-3-6-9/h1-8H,14-15H2,(H,17,18). The van der Waals surface area contributed by atoms with Gasteiger partial charge >= 0.3 is 6.09 Å². The molecule has 0 aliphatic heterocycles. The molecule has 2 aromatic carbocycles. The molecule has 0 fully saturated rings. The molecule has 0 bridgehead atoms. The van der Waals surface area contributed by atoms with E-state index in [1.807, 2.05) is 6.07 Å². The van der Waals surface area contributed by atoms with Crippen LogP contribution in [0.25, 0.3) is 0 Å². The molecule has 0 aromatic heterocycles. The fourth-order valence-electron chi connectivity index (χ4n) is 1.69. The number of nitrogens with two attached hydrogens (primary N) is 2. The molecule has 0 saturated carbocycles. The van der Waals surface area contributed by atoms with Crippen molar-refractivity contribution in [3.63, 3.8) is 0 Å². The first-order chi connectivity index (χ1) is 8.61. The van der Waals surface area contributed by atoms with Crippen molar-refractivity contribution in [1.82, 2.24) is 0 Å². The van der Waals surface area contributed by atoms with Crippen LogP contribution >= 0.6 is 0 Å². The van der Waals surface area contributed by atoms with Gasteiger partial charge in [-0.05, 0) is 24.3 Å². The van der Waals surface area contributed by atoms with Crippen LogP contribution in [0, 0.1) is 0 Å². The first-order valence-corrected chi connectivity index (χ1v) is 5.33. The Morgan fingerprint density at radius 2 is 1.67 bits per heavy atom. The van der Waals surface area contributed by atoms with E-state index in [4.69, 9.17) is 11.5 Å². The lowest BCUT2D eigenvalue weighted by Gasteiger charge is -2.21. The molecular formula is C13H13N3O2. The number of amides is 1. The van der Waals surface area contributed by atoms with E-state index in [0.29, 0.717) is 17.1 Å². The monoisotopic (exact) mass is 243 g/mol. The predicted molar refractivity (Wildman–Crippen MR) is 71.9 cm³/mol. The third-order valence-corrected chi connectivity index (χ3v) is 2.56. The van der Waals surface area contributed by atoms with Gasteiger partial charge in [-0.2, -0.15) is 0 Å². The fourth-order valence-corrected chi connectivity index (χ4v) is 1.69. The zero-order valence-corrected chi connectivity index (χ0v) is 9.58. The van der Waals surface area contributed by atoms with Gasteiger partial charge in [0.05, 0.1) is 22.7 Å². The largest absolute Gasteiger partial charge is 0.464 e. The van der Waals surface area contributed by atoms with Crippen molar-refractivity contribution in [3.8, 4) is 0 Å². The summed E-state index contributed by atoms with van der Waals surface area (Å²) in [6.45, 7) is 0. The lowest BCUT2D eigenvalue weighted by molar-refractivity contribution is 0.205. The van der Waals surface area contributed by atoms with Gasteiger partial charge in [-0.1, -0.05) is 24.3 Å². The Bertz CT molecular complexity index is 570. The number of carbonyl (C=O) groups is 1. The average molecular weight is 243 g/mol. The molecule has 0 atom stereocenters. The molecule has 0 unspecified atom stereocenters. The summed E-state index contributed by atoms with van der Waals surface area (Å²) in [7, 11) is 0. The highest BCUT2D eigenvalue weighted by Crippen LogP contribution is 2.33. The Kier molecular flexibility index (Phi) is 3.05. The van der Waals surface area contributed by atoms with Crippen LogP contribution in [0.3, 0.4) is 0 Å². The molecule has 5 N–H and O–H groups in total. The van der Waals surface area contributed by atoms with Crippen molar-refractivity contribution >= 4 is 28.8 Å². The average Bonchev–Trinajstić information content (AvgIpc) is 2.36. The summed E-state index contributed by atoms with van der Waals surface area (Å²) < 4.78 is 0. The minimum Gasteiger partial charge on any atom is -0.464 e. The fraction of sp³-hybridized carbons (Fsp3) is 0. The second kappa shape index (κ2) is 4.67. The van der Waals surface area contributed by atoms with Crippen LogP contribution in [0.15, 0.2) is 48.5 Å². The number of nitrogens with zero attached hydrogens (tertiary/aromatic N) is 1. The van der Waals surface area contributed by atoms with Crippen LogP contribution in [0.4, 0.5) is 27.5 Å². The van der Waals surface area contributed by atoms with Crippen LogP contribution in [0.1, 0.15) is 0 Å². The minimum absolute atomic E-state index is 0.253. The number of nitrogen functional groups attached to an aromatic ring is 2. The van der Waals surface area contributed by atoms with Gasteiger partial charge in [-0.3, -0.25) is 0 Å². The molecule has 0 heterocycles. The van der Waals surface area contributed by atoms with E-state index < -0.39 is 6.09 Å². The molecule has 2 rings (SSSR count). The predicted octanol–water partition coefficient (Wildman–Crippen LogP) is 2.67. The maximum atomic E-state index is 11.4. The second-order valence-electron chi connectivity index (χ2n) is 3.73. The third kappa shape index (κ3) is 2.06. The molecule has 0 radical (unpaired) electrons. The molecule has 0 saturated heterocycles. The van der Waals surface area contributed by atoms with Gasteiger partial charge < -0.3 is 16.6 Å². The summed E-state index contributed by atoms with van der Waals surface area (Å²) >= 11 is 0. The first-order valence-electron chi connectivity index (χ1n) is 5.33. The molecule has 2 aromatic rings. The van der Waals surface area contributed by atoms with Crippen LogP contribution in [0.5, 0.6) is 0 Å². The summed E-state index contributed by atoms with van der Waals surface area (Å²) in [5, 5.41) is 9.33. The number of hydrogen-bond acceptors (Lipinski definition) is 3. The number of hydrogen-bond donors (Lipinski definition) is 3. The van der Waals surface area contributed by atoms with Crippen LogP contribution in [-0.4, -0.2) is 11.2 Å². The van der Waals surface area contributed by atoms with E-state index >= 15 is 0 Å². The molecule has 0 spiro atoms. The van der Waals surface area contributed by atoms with Gasteiger partial charge in [-0.15, -0.1) is 0 Å². The zero-order valence-electron chi connectivity index (χ0n) is 9.58. The van der Waals surface area contributed by atoms with Gasteiger partial charge in [-0.25, -0.2) is 9.69 Å². The van der Waals surface area contributed by atoms with E-state index in [1.165, 1.54) is 0 Å².